The number of carbonyl (C=O) groups is 2. The van der Waals surface area contributed by atoms with Crippen molar-refractivity contribution in [2.45, 2.75) is 18.9 Å². The second-order valence-electron chi connectivity index (χ2n) is 6.70. The number of carbonyl (C=O) groups excluding carboxylic acids is 2. The maximum atomic E-state index is 13.2. The van der Waals surface area contributed by atoms with E-state index in [9.17, 15) is 14.9 Å². The van der Waals surface area contributed by atoms with E-state index in [0.29, 0.717) is 11.3 Å². The molecule has 2 aliphatic rings. The van der Waals surface area contributed by atoms with E-state index in [2.05, 4.69) is 5.32 Å². The average Bonchev–Trinajstić information content (AvgIpc) is 2.99. The van der Waals surface area contributed by atoms with Crippen molar-refractivity contribution in [1.82, 2.24) is 0 Å². The predicted molar refractivity (Wildman–Crippen MR) is 104 cm³/mol. The Morgan fingerprint density at radius 1 is 1.21 bits per heavy atom. The maximum Gasteiger partial charge on any atom is 0.295 e. The molecule has 0 fully saturated rings. The standard InChI is InChI=1S/C22H17N3O4/c1-13(26)18-20(28-12-14-7-3-2-4-8-14)29-19(24)16(11-23)22(18)15-9-5-6-10-17(15)25-21(22)27/h2-10H,12,24H2,1H3,(H,25,27)/t22-/m0/s1. The van der Waals surface area contributed by atoms with Crippen LogP contribution in [0.5, 0.6) is 0 Å². The molecule has 3 N–H and O–H groups in total. The summed E-state index contributed by atoms with van der Waals surface area (Å²) in [6.07, 6.45) is 0. The Hall–Kier alpha value is -4.05. The molecular weight excluding hydrogens is 370 g/mol. The molecule has 7 heteroatoms. The lowest BCUT2D eigenvalue weighted by atomic mass is 9.68. The monoisotopic (exact) mass is 387 g/mol. The minimum Gasteiger partial charge on any atom is -0.460 e. The van der Waals surface area contributed by atoms with Gasteiger partial charge < -0.3 is 20.5 Å². The fourth-order valence-electron chi connectivity index (χ4n) is 3.79. The second-order valence-corrected chi connectivity index (χ2v) is 6.70. The van der Waals surface area contributed by atoms with Gasteiger partial charge in [-0.05, 0) is 18.6 Å². The smallest absolute Gasteiger partial charge is 0.295 e. The summed E-state index contributed by atoms with van der Waals surface area (Å²) in [7, 11) is 0. The minimum absolute atomic E-state index is 0.0540. The zero-order valence-electron chi connectivity index (χ0n) is 15.6. The molecule has 7 nitrogen and oxygen atoms in total. The highest BCUT2D eigenvalue weighted by Crippen LogP contribution is 2.51. The van der Waals surface area contributed by atoms with Gasteiger partial charge in [0.1, 0.15) is 23.8 Å². The van der Waals surface area contributed by atoms with Crippen LogP contribution in [-0.4, -0.2) is 11.7 Å². The lowest BCUT2D eigenvalue weighted by molar-refractivity contribution is -0.122. The molecule has 2 heterocycles. The van der Waals surface area contributed by atoms with Crippen molar-refractivity contribution in [3.63, 3.8) is 0 Å². The van der Waals surface area contributed by atoms with Gasteiger partial charge in [-0.3, -0.25) is 9.59 Å². The molecule has 29 heavy (non-hydrogen) atoms. The largest absolute Gasteiger partial charge is 0.460 e. The Balaban J connectivity index is 1.92. The Morgan fingerprint density at radius 2 is 1.90 bits per heavy atom. The molecular formula is C22H17N3O4. The third-order valence-electron chi connectivity index (χ3n) is 5.00. The third kappa shape index (κ3) is 2.65. The quantitative estimate of drug-likeness (QED) is 0.833. The first-order valence-electron chi connectivity index (χ1n) is 8.91. The second kappa shape index (κ2) is 6.84. The molecule has 0 unspecified atom stereocenters. The van der Waals surface area contributed by atoms with Crippen LogP contribution in [0.2, 0.25) is 0 Å². The molecule has 0 bridgehead atoms. The number of nitrogens with zero attached hydrogens (tertiary/aromatic N) is 1. The van der Waals surface area contributed by atoms with E-state index in [4.69, 9.17) is 15.2 Å². The Morgan fingerprint density at radius 3 is 2.59 bits per heavy atom. The molecule has 0 aromatic heterocycles. The van der Waals surface area contributed by atoms with Gasteiger partial charge in [0.25, 0.3) is 5.95 Å². The zero-order chi connectivity index (χ0) is 20.6. The van der Waals surface area contributed by atoms with Crippen molar-refractivity contribution in [3.05, 3.63) is 88.7 Å². The van der Waals surface area contributed by atoms with Crippen LogP contribution in [0.1, 0.15) is 18.1 Å². The van der Waals surface area contributed by atoms with Crippen molar-refractivity contribution >= 4 is 17.4 Å². The van der Waals surface area contributed by atoms with Crippen molar-refractivity contribution in [2.75, 3.05) is 5.32 Å². The SMILES string of the molecule is CC(=O)C1=C(OCc2ccccc2)OC(N)=C(C#N)[C@]12C(=O)Nc1ccccc12. The van der Waals surface area contributed by atoms with Gasteiger partial charge in [0.2, 0.25) is 11.8 Å². The number of benzene rings is 2. The molecule has 2 aliphatic heterocycles. The van der Waals surface area contributed by atoms with Gasteiger partial charge in [-0.15, -0.1) is 0 Å². The number of Topliss-reactive ketones (excluding diaryl/α,β-unsaturated/α-hetero) is 1. The summed E-state index contributed by atoms with van der Waals surface area (Å²) in [4.78, 5) is 25.9. The fourth-order valence-corrected chi connectivity index (χ4v) is 3.79. The first-order chi connectivity index (χ1) is 14.0. The minimum atomic E-state index is -1.72. The molecule has 0 radical (unpaired) electrons. The van der Waals surface area contributed by atoms with Gasteiger partial charge in [-0.2, -0.15) is 5.26 Å². The summed E-state index contributed by atoms with van der Waals surface area (Å²) in [5.41, 5.74) is 5.90. The molecule has 2 aromatic rings. The summed E-state index contributed by atoms with van der Waals surface area (Å²) < 4.78 is 11.3. The van der Waals surface area contributed by atoms with Gasteiger partial charge in [0.15, 0.2) is 11.2 Å². The predicted octanol–water partition coefficient (Wildman–Crippen LogP) is 2.62. The summed E-state index contributed by atoms with van der Waals surface area (Å²) >= 11 is 0. The highest BCUT2D eigenvalue weighted by molar-refractivity contribution is 6.18. The van der Waals surface area contributed by atoms with Crippen LogP contribution in [-0.2, 0) is 31.1 Å². The lowest BCUT2D eigenvalue weighted by Gasteiger charge is -2.34. The number of ether oxygens (including phenoxy) is 2. The van der Waals surface area contributed by atoms with Crippen LogP contribution < -0.4 is 11.1 Å². The molecule has 144 valence electrons. The molecule has 1 amide bonds. The number of nitrogens with two attached hydrogens (primary N) is 1. The molecule has 2 aromatic carbocycles. The lowest BCUT2D eigenvalue weighted by Crippen LogP contribution is -2.45. The number of fused-ring (bicyclic) bond motifs is 2. The van der Waals surface area contributed by atoms with E-state index in [1.807, 2.05) is 36.4 Å². The number of anilines is 1. The van der Waals surface area contributed by atoms with Crippen molar-refractivity contribution in [2.24, 2.45) is 5.73 Å². The van der Waals surface area contributed by atoms with Crippen LogP contribution in [0, 0.1) is 11.3 Å². The topological polar surface area (TPSA) is 114 Å². The summed E-state index contributed by atoms with van der Waals surface area (Å²) in [5, 5.41) is 12.5. The van der Waals surface area contributed by atoms with Crippen LogP contribution in [0.15, 0.2) is 77.6 Å². The number of para-hydroxylation sites is 1. The van der Waals surface area contributed by atoms with Crippen molar-refractivity contribution < 1.29 is 19.1 Å². The third-order valence-corrected chi connectivity index (χ3v) is 5.00. The van der Waals surface area contributed by atoms with Crippen LogP contribution >= 0.6 is 0 Å². The Bertz CT molecular complexity index is 1130. The molecule has 0 saturated heterocycles. The molecule has 1 atom stereocenters. The number of rotatable bonds is 4. The van der Waals surface area contributed by atoms with Crippen molar-refractivity contribution in [1.29, 1.82) is 5.26 Å². The average molecular weight is 387 g/mol. The Kier molecular flexibility index (Phi) is 4.32. The van der Waals surface area contributed by atoms with Crippen LogP contribution in [0.3, 0.4) is 0 Å². The number of hydrogen-bond acceptors (Lipinski definition) is 6. The van der Waals surface area contributed by atoms with Gasteiger partial charge >= 0.3 is 0 Å². The molecule has 0 saturated carbocycles. The van der Waals surface area contributed by atoms with Gasteiger partial charge in [0.05, 0.1) is 0 Å². The normalized spacial score (nSPS) is 20.1. The molecule has 1 spiro atoms. The number of nitrogens with one attached hydrogen (secondary N) is 1. The summed E-state index contributed by atoms with van der Waals surface area (Å²) in [6, 6.07) is 18.1. The number of amides is 1. The zero-order valence-corrected chi connectivity index (χ0v) is 15.6. The van der Waals surface area contributed by atoms with E-state index >= 15 is 0 Å². The molecule has 0 aliphatic carbocycles. The van der Waals surface area contributed by atoms with Gasteiger partial charge in [0, 0.05) is 11.3 Å². The molecule has 4 rings (SSSR count). The number of hydrogen-bond donors (Lipinski definition) is 2. The summed E-state index contributed by atoms with van der Waals surface area (Å²) in [6.45, 7) is 1.40. The first kappa shape index (κ1) is 18.3. The fraction of sp³-hybridized carbons (Fsp3) is 0.136. The summed E-state index contributed by atoms with van der Waals surface area (Å²) in [5.74, 6) is -1.45. The maximum absolute atomic E-state index is 13.2. The van der Waals surface area contributed by atoms with E-state index in [-0.39, 0.29) is 29.6 Å². The number of ketones is 1. The van der Waals surface area contributed by atoms with E-state index in [0.717, 1.165) is 5.56 Å². The highest BCUT2D eigenvalue weighted by Gasteiger charge is 2.59. The van der Waals surface area contributed by atoms with Crippen LogP contribution in [0.4, 0.5) is 5.69 Å². The van der Waals surface area contributed by atoms with E-state index < -0.39 is 17.1 Å². The van der Waals surface area contributed by atoms with Gasteiger partial charge in [-0.25, -0.2) is 0 Å². The Labute approximate surface area is 167 Å². The first-order valence-corrected chi connectivity index (χ1v) is 8.91. The van der Waals surface area contributed by atoms with Gasteiger partial charge in [-0.1, -0.05) is 48.5 Å². The van der Waals surface area contributed by atoms with Crippen molar-refractivity contribution in [3.8, 4) is 6.07 Å². The highest BCUT2D eigenvalue weighted by atomic mass is 16.7. The van der Waals surface area contributed by atoms with E-state index in [1.54, 1.807) is 24.3 Å². The van der Waals surface area contributed by atoms with E-state index in [1.165, 1.54) is 6.92 Å². The number of nitriles is 1. The van der Waals surface area contributed by atoms with Crippen LogP contribution in [0.25, 0.3) is 0 Å².